The van der Waals surface area contributed by atoms with Crippen molar-refractivity contribution >= 4 is 0 Å². The summed E-state index contributed by atoms with van der Waals surface area (Å²) in [7, 11) is 0. The van der Waals surface area contributed by atoms with Crippen molar-refractivity contribution in [1.82, 2.24) is 0 Å². The molecule has 1 rings (SSSR count). The predicted molar refractivity (Wildman–Crippen MR) is 68.9 cm³/mol. The number of benzene rings is 1. The lowest BCUT2D eigenvalue weighted by Gasteiger charge is -2.14. The molecule has 2 N–H and O–H groups in total. The molecule has 16 heavy (non-hydrogen) atoms. The van der Waals surface area contributed by atoms with Gasteiger partial charge in [-0.25, -0.2) is 0 Å². The molecule has 0 aliphatic rings. The van der Waals surface area contributed by atoms with Crippen molar-refractivity contribution in [2.24, 2.45) is 5.73 Å². The van der Waals surface area contributed by atoms with Crippen molar-refractivity contribution in [2.45, 2.75) is 46.1 Å². The van der Waals surface area contributed by atoms with Crippen molar-refractivity contribution in [2.75, 3.05) is 6.61 Å². The van der Waals surface area contributed by atoms with Gasteiger partial charge in [0.15, 0.2) is 0 Å². The molecule has 1 unspecified atom stereocenters. The molecule has 0 saturated heterocycles. The highest BCUT2D eigenvalue weighted by Crippen LogP contribution is 2.22. The van der Waals surface area contributed by atoms with Gasteiger partial charge < -0.3 is 10.5 Å². The van der Waals surface area contributed by atoms with E-state index in [1.165, 1.54) is 11.1 Å². The highest BCUT2D eigenvalue weighted by atomic mass is 16.5. The molecule has 90 valence electrons. The zero-order valence-electron chi connectivity index (χ0n) is 10.6. The van der Waals surface area contributed by atoms with Crippen molar-refractivity contribution in [1.29, 1.82) is 0 Å². The van der Waals surface area contributed by atoms with Gasteiger partial charge in [0.2, 0.25) is 0 Å². The first kappa shape index (κ1) is 13.0. The van der Waals surface area contributed by atoms with E-state index in [1.54, 1.807) is 0 Å². The van der Waals surface area contributed by atoms with E-state index in [1.807, 2.05) is 0 Å². The van der Waals surface area contributed by atoms with E-state index in [4.69, 9.17) is 10.5 Å². The van der Waals surface area contributed by atoms with Crippen LogP contribution in [0.15, 0.2) is 18.2 Å². The van der Waals surface area contributed by atoms with Crippen LogP contribution in [0.25, 0.3) is 0 Å². The number of hydrogen-bond donors (Lipinski definition) is 1. The summed E-state index contributed by atoms with van der Waals surface area (Å²) in [6.07, 6.45) is 2.94. The first-order valence-corrected chi connectivity index (χ1v) is 6.15. The van der Waals surface area contributed by atoms with Crippen LogP contribution < -0.4 is 10.5 Å². The summed E-state index contributed by atoms with van der Waals surface area (Å²) in [6.45, 7) is 7.11. The van der Waals surface area contributed by atoms with Gasteiger partial charge in [0.1, 0.15) is 5.75 Å². The molecule has 0 amide bonds. The third kappa shape index (κ3) is 3.86. The van der Waals surface area contributed by atoms with Crippen LogP contribution in [0.1, 0.15) is 37.8 Å². The van der Waals surface area contributed by atoms with E-state index < -0.39 is 0 Å². The van der Waals surface area contributed by atoms with Crippen LogP contribution in [-0.2, 0) is 6.42 Å². The van der Waals surface area contributed by atoms with E-state index in [2.05, 4.69) is 39.0 Å². The topological polar surface area (TPSA) is 35.2 Å². The molecule has 0 radical (unpaired) electrons. The molecule has 0 bridgehead atoms. The highest BCUT2D eigenvalue weighted by Gasteiger charge is 2.08. The smallest absolute Gasteiger partial charge is 0.122 e. The molecule has 0 fully saturated rings. The van der Waals surface area contributed by atoms with Gasteiger partial charge in [0, 0.05) is 6.04 Å². The standard InChI is InChI=1S/C14H23NO/c1-4-8-16-14-7-6-11(3)9-12(14)10-13(15)5-2/h6-7,9,13H,4-5,8,10,15H2,1-3H3. The Hall–Kier alpha value is -1.02. The average molecular weight is 221 g/mol. The number of hydrogen-bond acceptors (Lipinski definition) is 2. The zero-order valence-corrected chi connectivity index (χ0v) is 10.6. The van der Waals surface area contributed by atoms with Gasteiger partial charge in [-0.15, -0.1) is 0 Å². The largest absolute Gasteiger partial charge is 0.493 e. The molecular formula is C14H23NO. The molecule has 0 heterocycles. The number of aryl methyl sites for hydroxylation is 1. The number of rotatable bonds is 6. The normalized spacial score (nSPS) is 12.5. The summed E-state index contributed by atoms with van der Waals surface area (Å²) in [5, 5.41) is 0. The Balaban J connectivity index is 2.80. The maximum absolute atomic E-state index is 6.00. The molecule has 1 aromatic carbocycles. The Kier molecular flexibility index (Phi) is 5.33. The first-order chi connectivity index (χ1) is 7.67. The van der Waals surface area contributed by atoms with E-state index in [-0.39, 0.29) is 6.04 Å². The van der Waals surface area contributed by atoms with Crippen LogP contribution in [0.2, 0.25) is 0 Å². The average Bonchev–Trinajstić information content (AvgIpc) is 2.28. The second-order valence-corrected chi connectivity index (χ2v) is 4.33. The number of nitrogens with two attached hydrogens (primary N) is 1. The van der Waals surface area contributed by atoms with Crippen molar-refractivity contribution in [3.63, 3.8) is 0 Å². The predicted octanol–water partition coefficient (Wildman–Crippen LogP) is 3.06. The lowest BCUT2D eigenvalue weighted by Crippen LogP contribution is -2.21. The fourth-order valence-corrected chi connectivity index (χ4v) is 1.65. The molecule has 0 aliphatic carbocycles. The van der Waals surface area contributed by atoms with E-state index >= 15 is 0 Å². The minimum atomic E-state index is 0.228. The van der Waals surface area contributed by atoms with E-state index in [0.717, 1.165) is 31.6 Å². The quantitative estimate of drug-likeness (QED) is 0.801. The SMILES string of the molecule is CCCOc1ccc(C)cc1CC(N)CC. The van der Waals surface area contributed by atoms with Gasteiger partial charge in [-0.3, -0.25) is 0 Å². The van der Waals surface area contributed by atoms with Crippen LogP contribution in [0.5, 0.6) is 5.75 Å². The van der Waals surface area contributed by atoms with Crippen LogP contribution >= 0.6 is 0 Å². The van der Waals surface area contributed by atoms with Gasteiger partial charge in [-0.05, 0) is 37.8 Å². The molecule has 0 spiro atoms. The van der Waals surface area contributed by atoms with Crippen LogP contribution in [0.3, 0.4) is 0 Å². The summed E-state index contributed by atoms with van der Waals surface area (Å²) in [5.74, 6) is 0.997. The third-order valence-corrected chi connectivity index (χ3v) is 2.68. The maximum atomic E-state index is 6.00. The summed E-state index contributed by atoms with van der Waals surface area (Å²) in [6, 6.07) is 6.56. The Labute approximate surface area is 98.8 Å². The second kappa shape index (κ2) is 6.54. The number of ether oxygens (including phenoxy) is 1. The Morgan fingerprint density at radius 1 is 1.31 bits per heavy atom. The summed E-state index contributed by atoms with van der Waals surface area (Å²) < 4.78 is 5.73. The van der Waals surface area contributed by atoms with Gasteiger partial charge in [0.25, 0.3) is 0 Å². The highest BCUT2D eigenvalue weighted by molar-refractivity contribution is 5.37. The molecule has 0 aromatic heterocycles. The molecule has 0 aliphatic heterocycles. The zero-order chi connectivity index (χ0) is 12.0. The van der Waals surface area contributed by atoms with Gasteiger partial charge >= 0.3 is 0 Å². The Bertz CT molecular complexity index is 323. The fourth-order valence-electron chi connectivity index (χ4n) is 1.65. The minimum absolute atomic E-state index is 0.228. The minimum Gasteiger partial charge on any atom is -0.493 e. The molecule has 1 aromatic rings. The van der Waals surface area contributed by atoms with Gasteiger partial charge in [-0.1, -0.05) is 31.5 Å². The molecule has 0 saturated carbocycles. The monoisotopic (exact) mass is 221 g/mol. The van der Waals surface area contributed by atoms with Crippen molar-refractivity contribution < 1.29 is 4.74 Å². The second-order valence-electron chi connectivity index (χ2n) is 4.33. The molecule has 2 heteroatoms. The van der Waals surface area contributed by atoms with Crippen LogP contribution in [-0.4, -0.2) is 12.6 Å². The fraction of sp³-hybridized carbons (Fsp3) is 0.571. The Morgan fingerprint density at radius 3 is 2.69 bits per heavy atom. The van der Waals surface area contributed by atoms with Gasteiger partial charge in [0.05, 0.1) is 6.61 Å². The van der Waals surface area contributed by atoms with E-state index in [0.29, 0.717) is 0 Å². The van der Waals surface area contributed by atoms with Crippen LogP contribution in [0.4, 0.5) is 0 Å². The van der Waals surface area contributed by atoms with E-state index in [9.17, 15) is 0 Å². The molecule has 2 nitrogen and oxygen atoms in total. The summed E-state index contributed by atoms with van der Waals surface area (Å²) in [5.41, 5.74) is 8.50. The third-order valence-electron chi connectivity index (χ3n) is 2.68. The molecular weight excluding hydrogens is 198 g/mol. The lowest BCUT2D eigenvalue weighted by molar-refractivity contribution is 0.313. The van der Waals surface area contributed by atoms with Crippen LogP contribution in [0, 0.1) is 6.92 Å². The van der Waals surface area contributed by atoms with Crippen molar-refractivity contribution in [3.05, 3.63) is 29.3 Å². The first-order valence-electron chi connectivity index (χ1n) is 6.15. The summed E-state index contributed by atoms with van der Waals surface area (Å²) in [4.78, 5) is 0. The van der Waals surface area contributed by atoms with Gasteiger partial charge in [-0.2, -0.15) is 0 Å². The summed E-state index contributed by atoms with van der Waals surface area (Å²) >= 11 is 0. The Morgan fingerprint density at radius 2 is 2.06 bits per heavy atom. The maximum Gasteiger partial charge on any atom is 0.122 e. The lowest BCUT2D eigenvalue weighted by atomic mass is 10.0. The molecule has 1 atom stereocenters. The van der Waals surface area contributed by atoms with Crippen molar-refractivity contribution in [3.8, 4) is 5.75 Å².